The van der Waals surface area contributed by atoms with Gasteiger partial charge in [-0.2, -0.15) is 0 Å². The number of aryl methyl sites for hydroxylation is 1. The zero-order chi connectivity index (χ0) is 15.8. The Kier molecular flexibility index (Phi) is 6.28. The molecular formula is C19H23N2S+. The van der Waals surface area contributed by atoms with Gasteiger partial charge in [0.05, 0.1) is 0 Å². The lowest BCUT2D eigenvalue weighted by molar-refractivity contribution is -0.671. The number of benzene rings is 1. The summed E-state index contributed by atoms with van der Waals surface area (Å²) in [6, 6.07) is 12.9. The van der Waals surface area contributed by atoms with E-state index < -0.39 is 0 Å². The lowest BCUT2D eigenvalue weighted by Gasteiger charge is -2.18. The predicted octanol–water partition coefficient (Wildman–Crippen LogP) is 3.99. The first-order chi connectivity index (χ1) is 10.7. The Balaban J connectivity index is 1.96. The van der Waals surface area contributed by atoms with E-state index in [9.17, 15) is 0 Å². The molecule has 0 unspecified atom stereocenters. The zero-order valence-electron chi connectivity index (χ0n) is 13.3. The summed E-state index contributed by atoms with van der Waals surface area (Å²) in [7, 11) is 4.15. The van der Waals surface area contributed by atoms with E-state index in [1.807, 2.05) is 17.0 Å². The van der Waals surface area contributed by atoms with Crippen LogP contribution < -0.4 is 9.47 Å². The molecule has 0 saturated heterocycles. The molecule has 0 fully saturated rings. The fourth-order valence-electron chi connectivity index (χ4n) is 2.06. The first kappa shape index (κ1) is 16.4. The maximum atomic E-state index is 3.73. The second-order valence-electron chi connectivity index (χ2n) is 5.18. The molecule has 0 aliphatic rings. The summed E-state index contributed by atoms with van der Waals surface area (Å²) in [6.07, 6.45) is 8.39. The smallest absolute Gasteiger partial charge is 0.169 e. The summed E-state index contributed by atoms with van der Waals surface area (Å²) in [5.74, 6) is 1.06. The average molecular weight is 311 g/mol. The summed E-state index contributed by atoms with van der Waals surface area (Å²) < 4.78 is 2.03. The highest BCUT2D eigenvalue weighted by Crippen LogP contribution is 2.16. The number of pyridine rings is 1. The fraction of sp³-hybridized carbons (Fsp3) is 0.211. The molecule has 0 saturated carbocycles. The van der Waals surface area contributed by atoms with Crippen molar-refractivity contribution in [3.63, 3.8) is 0 Å². The van der Waals surface area contributed by atoms with E-state index in [0.717, 1.165) is 12.3 Å². The van der Waals surface area contributed by atoms with Crippen LogP contribution in [0.5, 0.6) is 0 Å². The third-order valence-electron chi connectivity index (χ3n) is 3.47. The monoisotopic (exact) mass is 311 g/mol. The largest absolute Gasteiger partial charge is 0.374 e. The molecule has 1 aromatic carbocycles. The average Bonchev–Trinajstić information content (AvgIpc) is 2.55. The van der Waals surface area contributed by atoms with Gasteiger partial charge < -0.3 is 4.90 Å². The van der Waals surface area contributed by atoms with Crippen LogP contribution in [0.1, 0.15) is 11.1 Å². The van der Waals surface area contributed by atoms with Crippen molar-refractivity contribution < 1.29 is 4.57 Å². The Morgan fingerprint density at radius 2 is 1.64 bits per heavy atom. The Hall–Kier alpha value is -2.00. The molecule has 0 bridgehead atoms. The van der Waals surface area contributed by atoms with E-state index >= 15 is 0 Å². The van der Waals surface area contributed by atoms with Crippen LogP contribution in [0.15, 0.2) is 60.8 Å². The van der Waals surface area contributed by atoms with Gasteiger partial charge in [-0.1, -0.05) is 30.9 Å². The van der Waals surface area contributed by atoms with Gasteiger partial charge in [0.1, 0.15) is 7.05 Å². The van der Waals surface area contributed by atoms with Gasteiger partial charge in [0.2, 0.25) is 0 Å². The van der Waals surface area contributed by atoms with Crippen molar-refractivity contribution in [2.24, 2.45) is 7.05 Å². The minimum absolute atomic E-state index is 1.02. The molecule has 2 nitrogen and oxygen atoms in total. The van der Waals surface area contributed by atoms with Crippen LogP contribution in [0, 0.1) is 0 Å². The molecular weight excluding hydrogens is 288 g/mol. The van der Waals surface area contributed by atoms with Crippen LogP contribution in [-0.2, 0) is 7.05 Å². The highest BCUT2D eigenvalue weighted by Gasteiger charge is 1.99. The Bertz CT molecular complexity index is 615. The van der Waals surface area contributed by atoms with Gasteiger partial charge in [-0.05, 0) is 28.7 Å². The van der Waals surface area contributed by atoms with E-state index in [1.54, 1.807) is 11.8 Å². The second-order valence-corrected chi connectivity index (χ2v) is 6.26. The van der Waals surface area contributed by atoms with Crippen LogP contribution >= 0.6 is 11.8 Å². The standard InChI is InChI=1S/C19H23N2S/c1-4-22-16-15-21(3)19-9-7-17(8-10-19)5-6-18-11-13-20(2)14-12-18/h4-14H,1,15-16H2,2-3H3/q+1. The van der Waals surface area contributed by atoms with Crippen molar-refractivity contribution in [1.29, 1.82) is 0 Å². The summed E-state index contributed by atoms with van der Waals surface area (Å²) >= 11 is 1.75. The van der Waals surface area contributed by atoms with E-state index in [1.165, 1.54) is 16.8 Å². The van der Waals surface area contributed by atoms with Gasteiger partial charge in [0.15, 0.2) is 12.4 Å². The summed E-state index contributed by atoms with van der Waals surface area (Å²) in [6.45, 7) is 4.75. The number of aromatic nitrogens is 1. The van der Waals surface area contributed by atoms with E-state index in [2.05, 4.69) is 79.5 Å². The summed E-state index contributed by atoms with van der Waals surface area (Å²) in [5.41, 5.74) is 3.67. The number of thioether (sulfide) groups is 1. The van der Waals surface area contributed by atoms with Crippen molar-refractivity contribution in [2.75, 3.05) is 24.2 Å². The minimum Gasteiger partial charge on any atom is -0.374 e. The molecule has 0 aliphatic heterocycles. The van der Waals surface area contributed by atoms with Gasteiger partial charge in [-0.15, -0.1) is 11.8 Å². The van der Waals surface area contributed by atoms with E-state index in [0.29, 0.717) is 0 Å². The predicted molar refractivity (Wildman–Crippen MR) is 98.9 cm³/mol. The topological polar surface area (TPSA) is 7.12 Å². The van der Waals surface area contributed by atoms with Crippen LogP contribution in [0.25, 0.3) is 12.2 Å². The Morgan fingerprint density at radius 3 is 2.23 bits per heavy atom. The number of nitrogens with zero attached hydrogens (tertiary/aromatic N) is 2. The van der Waals surface area contributed by atoms with Crippen LogP contribution in [0.4, 0.5) is 5.69 Å². The molecule has 114 valence electrons. The van der Waals surface area contributed by atoms with Crippen LogP contribution in [0.2, 0.25) is 0 Å². The van der Waals surface area contributed by atoms with Crippen molar-refractivity contribution >= 4 is 29.6 Å². The highest BCUT2D eigenvalue weighted by molar-refractivity contribution is 8.02. The first-order valence-corrected chi connectivity index (χ1v) is 8.41. The molecule has 2 rings (SSSR count). The SMILES string of the molecule is C=CSCCN(C)c1ccc(/C=C/c2cc[n+](C)cc2)cc1. The van der Waals surface area contributed by atoms with Gasteiger partial charge in [0, 0.05) is 37.2 Å². The van der Waals surface area contributed by atoms with Crippen LogP contribution in [-0.4, -0.2) is 19.3 Å². The van der Waals surface area contributed by atoms with Crippen molar-refractivity contribution in [3.05, 3.63) is 71.9 Å². The molecule has 1 aromatic heterocycles. The van der Waals surface area contributed by atoms with Crippen LogP contribution in [0.3, 0.4) is 0 Å². The molecule has 1 heterocycles. The van der Waals surface area contributed by atoms with Gasteiger partial charge in [0.25, 0.3) is 0 Å². The third-order valence-corrected chi connectivity index (χ3v) is 4.12. The lowest BCUT2D eigenvalue weighted by atomic mass is 10.1. The molecule has 0 radical (unpaired) electrons. The normalized spacial score (nSPS) is 10.8. The fourth-order valence-corrected chi connectivity index (χ4v) is 2.60. The number of hydrogen-bond acceptors (Lipinski definition) is 2. The number of hydrogen-bond donors (Lipinski definition) is 0. The highest BCUT2D eigenvalue weighted by atomic mass is 32.2. The quantitative estimate of drug-likeness (QED) is 0.564. The minimum atomic E-state index is 1.02. The summed E-state index contributed by atoms with van der Waals surface area (Å²) in [4.78, 5) is 2.27. The maximum Gasteiger partial charge on any atom is 0.169 e. The Labute approximate surface area is 137 Å². The maximum absolute atomic E-state index is 3.73. The number of rotatable bonds is 7. The molecule has 0 atom stereocenters. The lowest BCUT2D eigenvalue weighted by Crippen LogP contribution is -2.25. The van der Waals surface area contributed by atoms with Gasteiger partial charge in [-0.3, -0.25) is 0 Å². The van der Waals surface area contributed by atoms with E-state index in [4.69, 9.17) is 0 Å². The van der Waals surface area contributed by atoms with Crippen molar-refractivity contribution in [2.45, 2.75) is 0 Å². The Morgan fingerprint density at radius 1 is 1.05 bits per heavy atom. The molecule has 0 N–H and O–H groups in total. The van der Waals surface area contributed by atoms with Gasteiger partial charge >= 0.3 is 0 Å². The molecule has 3 heteroatoms. The zero-order valence-corrected chi connectivity index (χ0v) is 14.1. The second kappa shape index (κ2) is 8.44. The number of anilines is 1. The molecule has 2 aromatic rings. The third kappa shape index (κ3) is 5.08. The molecule has 0 spiro atoms. The van der Waals surface area contributed by atoms with Crippen molar-refractivity contribution in [3.8, 4) is 0 Å². The van der Waals surface area contributed by atoms with Gasteiger partial charge in [-0.25, -0.2) is 4.57 Å². The van der Waals surface area contributed by atoms with E-state index in [-0.39, 0.29) is 0 Å². The first-order valence-electron chi connectivity index (χ1n) is 7.36. The molecule has 22 heavy (non-hydrogen) atoms. The summed E-state index contributed by atoms with van der Waals surface area (Å²) in [5, 5.41) is 1.89. The molecule has 0 amide bonds. The molecule has 0 aliphatic carbocycles. The van der Waals surface area contributed by atoms with Crippen molar-refractivity contribution in [1.82, 2.24) is 0 Å².